The highest BCUT2D eigenvalue weighted by Gasteiger charge is 2.26. The van der Waals surface area contributed by atoms with E-state index in [1.54, 1.807) is 23.1 Å². The average molecular weight is 401 g/mol. The third-order valence-corrected chi connectivity index (χ3v) is 5.05. The van der Waals surface area contributed by atoms with Crippen LogP contribution in [0.15, 0.2) is 23.6 Å². The van der Waals surface area contributed by atoms with Crippen LogP contribution in [0.3, 0.4) is 0 Å². The lowest BCUT2D eigenvalue weighted by Gasteiger charge is -2.15. The smallest absolute Gasteiger partial charge is 0.358 e. The molecule has 1 atom stereocenters. The Balaban J connectivity index is 1.68. The number of ketones is 1. The van der Waals surface area contributed by atoms with Crippen LogP contribution in [0.25, 0.3) is 0 Å². The molecule has 1 aliphatic heterocycles. The Bertz CT molecular complexity index is 968. The summed E-state index contributed by atoms with van der Waals surface area (Å²) in [6, 6.07) is 5.11. The van der Waals surface area contributed by atoms with E-state index in [1.807, 2.05) is 0 Å². The number of hydrogen-bond acceptors (Lipinski definition) is 7. The van der Waals surface area contributed by atoms with Crippen molar-refractivity contribution in [1.29, 1.82) is 0 Å². The molecule has 1 N–H and O–H groups in total. The van der Waals surface area contributed by atoms with Gasteiger partial charge in [0.1, 0.15) is 0 Å². The van der Waals surface area contributed by atoms with Gasteiger partial charge in [0, 0.05) is 37.0 Å². The number of hydrogen-bond donors (Lipinski definition) is 1. The maximum absolute atomic E-state index is 12.6. The molecule has 1 unspecified atom stereocenters. The van der Waals surface area contributed by atoms with Gasteiger partial charge in [-0.25, -0.2) is 9.78 Å². The lowest BCUT2D eigenvalue weighted by molar-refractivity contribution is -0.116. The number of amides is 2. The minimum absolute atomic E-state index is 0.0273. The highest BCUT2D eigenvalue weighted by Crippen LogP contribution is 2.29. The van der Waals surface area contributed by atoms with E-state index >= 15 is 0 Å². The van der Waals surface area contributed by atoms with Crippen molar-refractivity contribution in [1.82, 2.24) is 4.98 Å². The molecule has 1 aliphatic rings. The van der Waals surface area contributed by atoms with E-state index in [0.29, 0.717) is 18.5 Å². The number of aromatic nitrogens is 1. The largest absolute Gasteiger partial charge is 0.450 e. The normalized spacial score (nSPS) is 13.6. The van der Waals surface area contributed by atoms with Crippen molar-refractivity contribution in [3.63, 3.8) is 0 Å². The van der Waals surface area contributed by atoms with Crippen LogP contribution in [0, 0.1) is 0 Å². The summed E-state index contributed by atoms with van der Waals surface area (Å²) in [4.78, 5) is 53.1. The number of fused-ring (bicyclic) bond motifs is 1. The number of carbonyl (C=O) groups excluding carboxylic acids is 4. The molecule has 2 heterocycles. The Labute approximate surface area is 165 Å². The van der Waals surface area contributed by atoms with Crippen molar-refractivity contribution in [2.45, 2.75) is 33.3 Å². The number of thiazole rings is 1. The molecule has 0 radical (unpaired) electrons. The molecule has 0 aliphatic carbocycles. The zero-order valence-corrected chi connectivity index (χ0v) is 16.5. The molecule has 3 rings (SSSR count). The van der Waals surface area contributed by atoms with Gasteiger partial charge in [-0.15, -0.1) is 11.3 Å². The molecule has 0 fully saturated rings. The Morgan fingerprint density at radius 1 is 1.25 bits per heavy atom. The first kappa shape index (κ1) is 19.7. The monoisotopic (exact) mass is 401 g/mol. The van der Waals surface area contributed by atoms with Crippen LogP contribution in [0.2, 0.25) is 0 Å². The van der Waals surface area contributed by atoms with Crippen LogP contribution in [0.5, 0.6) is 0 Å². The first-order chi connectivity index (χ1) is 13.3. The van der Waals surface area contributed by atoms with Crippen LogP contribution in [0.1, 0.15) is 47.2 Å². The molecule has 0 bridgehead atoms. The minimum atomic E-state index is -0.998. The van der Waals surface area contributed by atoms with Crippen molar-refractivity contribution in [2.24, 2.45) is 0 Å². The van der Waals surface area contributed by atoms with Crippen LogP contribution >= 0.6 is 11.3 Å². The molecule has 1 aromatic heterocycles. The lowest BCUT2D eigenvalue weighted by atomic mass is 10.0. The maximum atomic E-state index is 12.6. The first-order valence-corrected chi connectivity index (χ1v) is 9.53. The number of carbonyl (C=O) groups is 4. The number of nitrogens with zero attached hydrogens (tertiary/aromatic N) is 2. The number of anilines is 2. The van der Waals surface area contributed by atoms with E-state index in [0.717, 1.165) is 22.6 Å². The van der Waals surface area contributed by atoms with E-state index in [2.05, 4.69) is 10.3 Å². The Hall–Kier alpha value is -3.07. The molecule has 2 aromatic rings. The van der Waals surface area contributed by atoms with Crippen LogP contribution < -0.4 is 10.2 Å². The number of benzene rings is 1. The molecule has 146 valence electrons. The fourth-order valence-electron chi connectivity index (χ4n) is 2.97. The van der Waals surface area contributed by atoms with Gasteiger partial charge in [0.25, 0.3) is 0 Å². The van der Waals surface area contributed by atoms with Crippen molar-refractivity contribution in [3.8, 4) is 0 Å². The summed E-state index contributed by atoms with van der Waals surface area (Å²) in [6.45, 7) is 4.93. The summed E-state index contributed by atoms with van der Waals surface area (Å²) < 4.78 is 5.23. The van der Waals surface area contributed by atoms with E-state index in [-0.39, 0.29) is 28.4 Å². The first-order valence-electron chi connectivity index (χ1n) is 8.65. The highest BCUT2D eigenvalue weighted by molar-refractivity contribution is 7.14. The van der Waals surface area contributed by atoms with Crippen molar-refractivity contribution < 1.29 is 23.9 Å². The minimum Gasteiger partial charge on any atom is -0.450 e. The van der Waals surface area contributed by atoms with E-state index in [9.17, 15) is 19.2 Å². The average Bonchev–Trinajstić information content (AvgIpc) is 3.26. The zero-order chi connectivity index (χ0) is 20.4. The van der Waals surface area contributed by atoms with Gasteiger partial charge in [0.2, 0.25) is 17.6 Å². The SMILES string of the molecule is CC(=O)Nc1nc(C(=O)OC(C)C(=O)c2ccc3c(c2)CCN3C(C)=O)cs1. The fourth-order valence-corrected chi connectivity index (χ4v) is 3.69. The molecule has 8 nitrogen and oxygen atoms in total. The Morgan fingerprint density at radius 2 is 2.00 bits per heavy atom. The van der Waals surface area contributed by atoms with Gasteiger partial charge < -0.3 is 15.0 Å². The van der Waals surface area contributed by atoms with Gasteiger partial charge in [0.15, 0.2) is 16.9 Å². The van der Waals surface area contributed by atoms with Gasteiger partial charge in [-0.05, 0) is 37.1 Å². The van der Waals surface area contributed by atoms with Crippen molar-refractivity contribution in [3.05, 3.63) is 40.4 Å². The molecule has 2 amide bonds. The topological polar surface area (TPSA) is 106 Å². The molecule has 28 heavy (non-hydrogen) atoms. The Kier molecular flexibility index (Phi) is 5.55. The maximum Gasteiger partial charge on any atom is 0.358 e. The summed E-state index contributed by atoms with van der Waals surface area (Å²) in [5.41, 5.74) is 2.17. The molecule has 9 heteroatoms. The number of Topliss-reactive ketones (excluding diaryl/α,β-unsaturated/α-hetero) is 1. The van der Waals surface area contributed by atoms with Crippen LogP contribution in [-0.4, -0.2) is 41.2 Å². The Morgan fingerprint density at radius 3 is 2.68 bits per heavy atom. The summed E-state index contributed by atoms with van der Waals surface area (Å²) >= 11 is 1.09. The number of esters is 1. The van der Waals surface area contributed by atoms with Gasteiger partial charge in [0.05, 0.1) is 0 Å². The van der Waals surface area contributed by atoms with E-state index in [1.165, 1.54) is 26.2 Å². The second-order valence-corrected chi connectivity index (χ2v) is 7.25. The van der Waals surface area contributed by atoms with Crippen LogP contribution in [-0.2, 0) is 20.7 Å². The summed E-state index contributed by atoms with van der Waals surface area (Å²) in [7, 11) is 0. The quantitative estimate of drug-likeness (QED) is 0.609. The molecule has 0 saturated carbocycles. The molecular formula is C19H19N3O5S. The second-order valence-electron chi connectivity index (χ2n) is 6.40. The predicted molar refractivity (Wildman–Crippen MR) is 104 cm³/mol. The van der Waals surface area contributed by atoms with Crippen molar-refractivity contribution in [2.75, 3.05) is 16.8 Å². The standard InChI is InChI=1S/C19H19N3O5S/c1-10(27-18(26)15-9-28-19(21-15)20-11(2)23)17(25)14-4-5-16-13(8-14)6-7-22(16)12(3)24/h4-5,8-10H,6-7H2,1-3H3,(H,20,21,23). The third kappa shape index (κ3) is 4.09. The van der Waals surface area contributed by atoms with Crippen molar-refractivity contribution >= 4 is 45.7 Å². The molecule has 0 saturated heterocycles. The highest BCUT2D eigenvalue weighted by atomic mass is 32.1. The number of rotatable bonds is 5. The van der Waals surface area contributed by atoms with Gasteiger partial charge in [-0.2, -0.15) is 0 Å². The molecule has 0 spiro atoms. The van der Waals surface area contributed by atoms with Gasteiger partial charge in [-0.3, -0.25) is 14.4 Å². The summed E-state index contributed by atoms with van der Waals surface area (Å²) in [6.07, 6.45) is -0.323. The van der Waals surface area contributed by atoms with Gasteiger partial charge in [-0.1, -0.05) is 0 Å². The zero-order valence-electron chi connectivity index (χ0n) is 15.6. The van der Waals surface area contributed by atoms with E-state index < -0.39 is 12.1 Å². The molecular weight excluding hydrogens is 382 g/mol. The third-order valence-electron chi connectivity index (χ3n) is 4.29. The van der Waals surface area contributed by atoms with Gasteiger partial charge >= 0.3 is 5.97 Å². The predicted octanol–water partition coefficient (Wildman–Crippen LogP) is 2.44. The lowest BCUT2D eigenvalue weighted by Crippen LogP contribution is -2.26. The number of ether oxygens (including phenoxy) is 1. The second kappa shape index (κ2) is 7.89. The summed E-state index contributed by atoms with van der Waals surface area (Å²) in [5.74, 6) is -1.41. The van der Waals surface area contributed by atoms with E-state index in [4.69, 9.17) is 4.74 Å². The van der Waals surface area contributed by atoms with Crippen LogP contribution in [0.4, 0.5) is 10.8 Å². The molecule has 1 aromatic carbocycles. The number of nitrogens with one attached hydrogen (secondary N) is 1. The fraction of sp³-hybridized carbons (Fsp3) is 0.316. The summed E-state index contributed by atoms with van der Waals surface area (Å²) in [5, 5.41) is 4.22.